The van der Waals surface area contributed by atoms with E-state index in [0.29, 0.717) is 5.75 Å². The first-order valence-electron chi connectivity index (χ1n) is 3.98. The maximum absolute atomic E-state index is 13.0. The molecule has 0 aromatic heterocycles. The Labute approximate surface area is 91.5 Å². The van der Waals surface area contributed by atoms with Crippen molar-refractivity contribution in [2.24, 2.45) is 0 Å². The van der Waals surface area contributed by atoms with Crippen LogP contribution in [0.2, 0.25) is 0 Å². The van der Waals surface area contributed by atoms with Crippen LogP contribution < -0.4 is 5.73 Å². The Kier molecular flexibility index (Phi) is 3.58. The van der Waals surface area contributed by atoms with Gasteiger partial charge >= 0.3 is 5.97 Å². The minimum Gasteiger partial charge on any atom is -0.478 e. The maximum atomic E-state index is 13.0. The third-order valence-corrected chi connectivity index (χ3v) is 1.84. The number of nitrogen functional groups attached to an aromatic ring is 1. The number of aromatic carboxylic acids is 1. The van der Waals surface area contributed by atoms with Gasteiger partial charge in [0.05, 0.1) is 22.6 Å². The quantitative estimate of drug-likeness (QED) is 0.384. The lowest BCUT2D eigenvalue weighted by atomic mass is 10.1. The fourth-order valence-corrected chi connectivity index (χ4v) is 1.11. The van der Waals surface area contributed by atoms with Crippen LogP contribution in [0.4, 0.5) is 10.1 Å². The van der Waals surface area contributed by atoms with E-state index in [2.05, 4.69) is 24.5 Å². The molecule has 78 valence electrons. The normalized spacial score (nSPS) is 9.20. The first kappa shape index (κ1) is 11.4. The highest BCUT2D eigenvalue weighted by molar-refractivity contribution is 7.80. The smallest absolute Gasteiger partial charge is 0.337 e. The summed E-state index contributed by atoms with van der Waals surface area (Å²) >= 11 is 3.85. The van der Waals surface area contributed by atoms with E-state index in [1.807, 2.05) is 0 Å². The number of carbonyl (C=O) groups is 1. The number of rotatable bonds is 1. The maximum Gasteiger partial charge on any atom is 0.337 e. The molecule has 0 spiro atoms. The Hall–Kier alpha value is -1.67. The third kappa shape index (κ3) is 2.64. The van der Waals surface area contributed by atoms with Crippen LogP contribution in [0.3, 0.4) is 0 Å². The topological polar surface area (TPSA) is 63.3 Å². The van der Waals surface area contributed by atoms with Crippen LogP contribution in [0.5, 0.6) is 0 Å². The number of hydrogen-bond donors (Lipinski definition) is 3. The predicted molar refractivity (Wildman–Crippen MR) is 58.5 cm³/mol. The molecule has 15 heavy (non-hydrogen) atoms. The standard InChI is InChI=1S/C10H8FNO2S/c11-7-4-6(2-1-3-15)9(12)8(5-7)10(13)14/h4-5,15H,3,12H2,(H,13,14). The highest BCUT2D eigenvalue weighted by Crippen LogP contribution is 2.18. The van der Waals surface area contributed by atoms with Gasteiger partial charge in [-0.05, 0) is 12.1 Å². The average molecular weight is 225 g/mol. The van der Waals surface area contributed by atoms with Crippen LogP contribution in [-0.2, 0) is 0 Å². The number of nitrogens with two attached hydrogens (primary N) is 1. The van der Waals surface area contributed by atoms with Gasteiger partial charge in [0.2, 0.25) is 0 Å². The van der Waals surface area contributed by atoms with Gasteiger partial charge < -0.3 is 10.8 Å². The second-order valence-electron chi connectivity index (χ2n) is 2.68. The van der Waals surface area contributed by atoms with Crippen LogP contribution in [0.25, 0.3) is 0 Å². The Morgan fingerprint density at radius 3 is 2.80 bits per heavy atom. The molecule has 0 saturated carbocycles. The zero-order chi connectivity index (χ0) is 11.4. The van der Waals surface area contributed by atoms with Crippen molar-refractivity contribution >= 4 is 24.3 Å². The summed E-state index contributed by atoms with van der Waals surface area (Å²) in [6.45, 7) is 0. The van der Waals surface area contributed by atoms with Crippen molar-refractivity contribution in [1.82, 2.24) is 0 Å². The summed E-state index contributed by atoms with van der Waals surface area (Å²) in [7, 11) is 0. The second-order valence-corrected chi connectivity index (χ2v) is 3.00. The summed E-state index contributed by atoms with van der Waals surface area (Å²) in [6, 6.07) is 1.96. The van der Waals surface area contributed by atoms with E-state index < -0.39 is 11.8 Å². The van der Waals surface area contributed by atoms with Crippen LogP contribution in [-0.4, -0.2) is 16.8 Å². The SMILES string of the molecule is Nc1c(C#CCS)cc(F)cc1C(=O)O. The van der Waals surface area contributed by atoms with Crippen molar-refractivity contribution in [3.8, 4) is 11.8 Å². The van der Waals surface area contributed by atoms with Crippen molar-refractivity contribution in [3.63, 3.8) is 0 Å². The fourth-order valence-electron chi connectivity index (χ4n) is 1.03. The Morgan fingerprint density at radius 2 is 2.27 bits per heavy atom. The second kappa shape index (κ2) is 4.71. The zero-order valence-electron chi connectivity index (χ0n) is 7.62. The van der Waals surface area contributed by atoms with E-state index in [9.17, 15) is 9.18 Å². The van der Waals surface area contributed by atoms with Crippen LogP contribution in [0.15, 0.2) is 12.1 Å². The molecule has 1 rings (SSSR count). The molecule has 0 fully saturated rings. The van der Waals surface area contributed by atoms with Crippen molar-refractivity contribution in [2.45, 2.75) is 0 Å². The monoisotopic (exact) mass is 225 g/mol. The summed E-state index contributed by atoms with van der Waals surface area (Å²) in [5, 5.41) is 8.73. The van der Waals surface area contributed by atoms with E-state index >= 15 is 0 Å². The summed E-state index contributed by atoms with van der Waals surface area (Å²) in [5.41, 5.74) is 5.38. The fraction of sp³-hybridized carbons (Fsp3) is 0.100. The molecule has 1 aromatic rings. The minimum absolute atomic E-state index is 0.0295. The lowest BCUT2D eigenvalue weighted by molar-refractivity contribution is 0.0697. The molecule has 0 aliphatic heterocycles. The lowest BCUT2D eigenvalue weighted by Crippen LogP contribution is -2.05. The van der Waals surface area contributed by atoms with Gasteiger partial charge in [0.25, 0.3) is 0 Å². The van der Waals surface area contributed by atoms with E-state index in [-0.39, 0.29) is 16.8 Å². The van der Waals surface area contributed by atoms with Crippen molar-refractivity contribution in [1.29, 1.82) is 0 Å². The van der Waals surface area contributed by atoms with Gasteiger partial charge in [0.15, 0.2) is 0 Å². The number of benzene rings is 1. The lowest BCUT2D eigenvalue weighted by Gasteiger charge is -2.03. The molecular formula is C10H8FNO2S. The molecule has 3 nitrogen and oxygen atoms in total. The zero-order valence-corrected chi connectivity index (χ0v) is 8.51. The van der Waals surface area contributed by atoms with Crippen molar-refractivity contribution in [2.75, 3.05) is 11.5 Å². The Bertz CT molecular complexity index is 462. The van der Waals surface area contributed by atoms with Gasteiger partial charge in [-0.3, -0.25) is 0 Å². The molecule has 5 heteroatoms. The minimum atomic E-state index is -1.28. The van der Waals surface area contributed by atoms with Gasteiger partial charge in [-0.1, -0.05) is 11.8 Å². The summed E-state index contributed by atoms with van der Waals surface area (Å²) in [4.78, 5) is 10.7. The van der Waals surface area contributed by atoms with Crippen LogP contribution in [0.1, 0.15) is 15.9 Å². The Morgan fingerprint density at radius 1 is 1.60 bits per heavy atom. The molecular weight excluding hydrogens is 217 g/mol. The first-order valence-corrected chi connectivity index (χ1v) is 4.61. The van der Waals surface area contributed by atoms with Gasteiger partial charge in [-0.25, -0.2) is 9.18 Å². The van der Waals surface area contributed by atoms with Gasteiger partial charge in [0, 0.05) is 0 Å². The van der Waals surface area contributed by atoms with Crippen LogP contribution in [0, 0.1) is 17.7 Å². The summed E-state index contributed by atoms with van der Waals surface area (Å²) in [6.07, 6.45) is 0. The number of carboxylic acid groups (broad SMARTS) is 1. The van der Waals surface area contributed by atoms with Crippen molar-refractivity contribution < 1.29 is 14.3 Å². The molecule has 3 N–H and O–H groups in total. The van der Waals surface area contributed by atoms with E-state index in [4.69, 9.17) is 10.8 Å². The van der Waals surface area contributed by atoms with Gasteiger partial charge in [-0.2, -0.15) is 12.6 Å². The number of hydrogen-bond acceptors (Lipinski definition) is 3. The summed E-state index contributed by atoms with van der Waals surface area (Å²) < 4.78 is 13.0. The van der Waals surface area contributed by atoms with Crippen molar-refractivity contribution in [3.05, 3.63) is 29.1 Å². The molecule has 0 unspecified atom stereocenters. The molecule has 0 bridgehead atoms. The molecule has 0 heterocycles. The summed E-state index contributed by atoms with van der Waals surface area (Å²) in [5.74, 6) is 3.45. The highest BCUT2D eigenvalue weighted by atomic mass is 32.1. The largest absolute Gasteiger partial charge is 0.478 e. The third-order valence-electron chi connectivity index (χ3n) is 1.68. The molecule has 0 amide bonds. The highest BCUT2D eigenvalue weighted by Gasteiger charge is 2.12. The predicted octanol–water partition coefficient (Wildman–Crippen LogP) is 1.39. The molecule has 0 saturated heterocycles. The van der Waals surface area contributed by atoms with E-state index in [0.717, 1.165) is 12.1 Å². The number of anilines is 1. The Balaban J connectivity index is 3.34. The first-order chi connectivity index (χ1) is 7.06. The average Bonchev–Trinajstić information content (AvgIpc) is 2.18. The van der Waals surface area contributed by atoms with Gasteiger partial charge in [0.1, 0.15) is 5.82 Å². The molecule has 0 atom stereocenters. The number of thiol groups is 1. The van der Waals surface area contributed by atoms with Crippen LogP contribution >= 0.6 is 12.6 Å². The number of halogens is 1. The number of carboxylic acids is 1. The molecule has 1 aromatic carbocycles. The molecule has 0 aliphatic carbocycles. The van der Waals surface area contributed by atoms with E-state index in [1.54, 1.807) is 0 Å². The van der Waals surface area contributed by atoms with E-state index in [1.165, 1.54) is 0 Å². The molecule has 0 aliphatic rings. The molecule has 0 radical (unpaired) electrons. The van der Waals surface area contributed by atoms with Gasteiger partial charge in [-0.15, -0.1) is 0 Å².